The van der Waals surface area contributed by atoms with E-state index >= 15 is 0 Å². The van der Waals surface area contributed by atoms with Crippen LogP contribution in [0.15, 0.2) is 89.3 Å². The van der Waals surface area contributed by atoms with E-state index in [0.717, 1.165) is 35.2 Å². The van der Waals surface area contributed by atoms with Crippen molar-refractivity contribution in [3.05, 3.63) is 102 Å². The molecule has 2 heterocycles. The minimum Gasteiger partial charge on any atom is -0.459 e. The van der Waals surface area contributed by atoms with Gasteiger partial charge in [0.2, 0.25) is 0 Å². The number of furan rings is 1. The second-order valence-electron chi connectivity index (χ2n) is 8.44. The molecule has 170 valence electrons. The first kappa shape index (κ1) is 21.6. The van der Waals surface area contributed by atoms with Gasteiger partial charge in [0.15, 0.2) is 0 Å². The molecule has 34 heavy (non-hydrogen) atoms. The summed E-state index contributed by atoms with van der Waals surface area (Å²) in [6.45, 7) is 2.70. The number of amides is 2. The van der Waals surface area contributed by atoms with Gasteiger partial charge in [0.1, 0.15) is 23.5 Å². The molecule has 4 aromatic rings. The molecule has 0 saturated carbocycles. The van der Waals surface area contributed by atoms with E-state index in [-0.39, 0.29) is 12.1 Å². The summed E-state index contributed by atoms with van der Waals surface area (Å²) in [5.41, 5.74) is 3.36. The van der Waals surface area contributed by atoms with Crippen LogP contribution in [0.3, 0.4) is 0 Å². The van der Waals surface area contributed by atoms with Gasteiger partial charge >= 0.3 is 6.03 Å². The number of carbonyl (C=O) groups excluding carboxylic acids is 1. The number of carbonyl (C=O) groups is 1. The lowest BCUT2D eigenvalue weighted by atomic mass is 10.0. The summed E-state index contributed by atoms with van der Waals surface area (Å²) in [4.78, 5) is 17.4. The van der Waals surface area contributed by atoms with Crippen molar-refractivity contribution in [3.8, 4) is 6.07 Å². The molecule has 1 aliphatic rings. The topological polar surface area (TPSA) is 72.5 Å². The first-order valence-electron chi connectivity index (χ1n) is 11.6. The number of urea groups is 1. The lowest BCUT2D eigenvalue weighted by Crippen LogP contribution is -2.43. The van der Waals surface area contributed by atoms with E-state index in [0.29, 0.717) is 31.0 Å². The van der Waals surface area contributed by atoms with Crippen LogP contribution in [0, 0.1) is 11.3 Å². The van der Waals surface area contributed by atoms with Crippen molar-refractivity contribution in [3.63, 3.8) is 0 Å². The van der Waals surface area contributed by atoms with Crippen LogP contribution >= 0.6 is 0 Å². The minimum absolute atomic E-state index is 0.121. The third kappa shape index (κ3) is 4.46. The fourth-order valence-corrected chi connectivity index (χ4v) is 4.53. The summed E-state index contributed by atoms with van der Waals surface area (Å²) >= 11 is 0. The average Bonchev–Trinajstić information content (AvgIpc) is 3.16. The van der Waals surface area contributed by atoms with E-state index in [1.165, 1.54) is 0 Å². The van der Waals surface area contributed by atoms with Crippen molar-refractivity contribution in [1.82, 2.24) is 10.2 Å². The highest BCUT2D eigenvalue weighted by Crippen LogP contribution is 2.29. The Bertz CT molecular complexity index is 1290. The molecule has 3 aromatic carbocycles. The Kier molecular flexibility index (Phi) is 6.17. The molecule has 1 atom stereocenters. The number of fused-ring (bicyclic) bond motifs is 1. The van der Waals surface area contributed by atoms with E-state index in [1.54, 1.807) is 0 Å². The van der Waals surface area contributed by atoms with Crippen LogP contribution in [0.4, 0.5) is 10.5 Å². The van der Waals surface area contributed by atoms with E-state index < -0.39 is 0 Å². The van der Waals surface area contributed by atoms with E-state index in [9.17, 15) is 10.1 Å². The van der Waals surface area contributed by atoms with Gasteiger partial charge in [0.05, 0.1) is 11.3 Å². The van der Waals surface area contributed by atoms with Crippen LogP contribution < -0.4 is 10.2 Å². The molecule has 1 N–H and O–H groups in total. The third-order valence-corrected chi connectivity index (χ3v) is 6.28. The molecule has 1 aliphatic heterocycles. The monoisotopic (exact) mass is 450 g/mol. The van der Waals surface area contributed by atoms with E-state index in [4.69, 9.17) is 4.42 Å². The maximum atomic E-state index is 13.4. The largest absolute Gasteiger partial charge is 0.459 e. The highest BCUT2D eigenvalue weighted by atomic mass is 16.3. The number of rotatable bonds is 4. The Hall–Kier alpha value is -4.24. The fourth-order valence-electron chi connectivity index (χ4n) is 4.53. The van der Waals surface area contributed by atoms with Crippen LogP contribution in [0.2, 0.25) is 0 Å². The number of nitriles is 1. The van der Waals surface area contributed by atoms with Crippen LogP contribution in [0.1, 0.15) is 29.3 Å². The second kappa shape index (κ2) is 9.72. The normalized spacial score (nSPS) is 14.9. The van der Waals surface area contributed by atoms with Gasteiger partial charge in [-0.3, -0.25) is 0 Å². The molecule has 6 nitrogen and oxygen atoms in total. The Labute approximate surface area is 199 Å². The molecule has 6 heteroatoms. The highest BCUT2D eigenvalue weighted by molar-refractivity contribution is 5.79. The van der Waals surface area contributed by atoms with Gasteiger partial charge in [0, 0.05) is 31.6 Å². The zero-order chi connectivity index (χ0) is 23.3. The standard InChI is InChI=1S/C28H26N4O2/c29-20-23-12-4-6-13-24(23)31-15-8-16-32(18-17-31)28(33)30-27(21-9-2-1-3-10-21)26-19-22-11-5-7-14-25(22)34-26/h1-7,9-14,19,27H,8,15-18H2,(H,30,33). The summed E-state index contributed by atoms with van der Waals surface area (Å²) < 4.78 is 6.13. The molecule has 1 unspecified atom stereocenters. The molecule has 2 amide bonds. The molecular weight excluding hydrogens is 424 g/mol. The number of hydrogen-bond acceptors (Lipinski definition) is 4. The third-order valence-electron chi connectivity index (χ3n) is 6.28. The van der Waals surface area contributed by atoms with Gasteiger partial charge in [0.25, 0.3) is 0 Å². The van der Waals surface area contributed by atoms with Gasteiger partial charge in [-0.05, 0) is 36.2 Å². The minimum atomic E-state index is -0.389. The maximum Gasteiger partial charge on any atom is 0.318 e. The lowest BCUT2D eigenvalue weighted by molar-refractivity contribution is 0.197. The van der Waals surface area contributed by atoms with Crippen LogP contribution in [0.5, 0.6) is 0 Å². The molecule has 0 radical (unpaired) electrons. The number of nitrogens with one attached hydrogen (secondary N) is 1. The van der Waals surface area contributed by atoms with Gasteiger partial charge in [-0.1, -0.05) is 60.7 Å². The number of hydrogen-bond donors (Lipinski definition) is 1. The highest BCUT2D eigenvalue weighted by Gasteiger charge is 2.26. The van der Waals surface area contributed by atoms with Crippen molar-refractivity contribution in [2.75, 3.05) is 31.1 Å². The quantitative estimate of drug-likeness (QED) is 0.457. The van der Waals surface area contributed by atoms with E-state index in [1.807, 2.05) is 89.8 Å². The van der Waals surface area contributed by atoms with Crippen LogP contribution in [-0.2, 0) is 0 Å². The zero-order valence-electron chi connectivity index (χ0n) is 18.9. The van der Waals surface area contributed by atoms with Crippen LogP contribution in [-0.4, -0.2) is 37.1 Å². The molecule has 5 rings (SSSR count). The molecule has 0 bridgehead atoms. The first-order chi connectivity index (χ1) is 16.7. The molecular formula is C28H26N4O2. The van der Waals surface area contributed by atoms with Crippen molar-refractivity contribution >= 4 is 22.7 Å². The van der Waals surface area contributed by atoms with Crippen molar-refractivity contribution < 1.29 is 9.21 Å². The molecule has 1 aromatic heterocycles. The summed E-state index contributed by atoms with van der Waals surface area (Å²) in [6.07, 6.45) is 0.827. The van der Waals surface area contributed by atoms with Gasteiger partial charge in [-0.25, -0.2) is 4.79 Å². The summed E-state index contributed by atoms with van der Waals surface area (Å²) in [6, 6.07) is 29.2. The van der Waals surface area contributed by atoms with Crippen LogP contribution in [0.25, 0.3) is 11.0 Å². The zero-order valence-corrected chi connectivity index (χ0v) is 18.9. The average molecular weight is 451 g/mol. The van der Waals surface area contributed by atoms with Gasteiger partial charge < -0.3 is 19.5 Å². The number of nitrogens with zero attached hydrogens (tertiary/aromatic N) is 3. The summed E-state index contributed by atoms with van der Waals surface area (Å²) in [5, 5.41) is 13.7. The van der Waals surface area contributed by atoms with Crippen molar-refractivity contribution in [2.45, 2.75) is 12.5 Å². The van der Waals surface area contributed by atoms with Crippen molar-refractivity contribution in [1.29, 1.82) is 5.26 Å². The SMILES string of the molecule is N#Cc1ccccc1N1CCCN(C(=O)NC(c2ccccc2)c2cc3ccccc3o2)CC1. The van der Waals surface area contributed by atoms with E-state index in [2.05, 4.69) is 16.3 Å². The molecule has 0 aliphatic carbocycles. The first-order valence-corrected chi connectivity index (χ1v) is 11.6. The Morgan fingerprint density at radius 1 is 0.912 bits per heavy atom. The fraction of sp³-hybridized carbons (Fsp3) is 0.214. The number of anilines is 1. The Morgan fingerprint density at radius 2 is 1.68 bits per heavy atom. The Morgan fingerprint density at radius 3 is 2.50 bits per heavy atom. The lowest BCUT2D eigenvalue weighted by Gasteiger charge is -2.26. The van der Waals surface area contributed by atoms with Gasteiger partial charge in [-0.2, -0.15) is 5.26 Å². The number of benzene rings is 3. The van der Waals surface area contributed by atoms with Crippen molar-refractivity contribution in [2.24, 2.45) is 0 Å². The maximum absolute atomic E-state index is 13.4. The number of para-hydroxylation sites is 2. The summed E-state index contributed by atoms with van der Waals surface area (Å²) in [7, 11) is 0. The van der Waals surface area contributed by atoms with Gasteiger partial charge in [-0.15, -0.1) is 0 Å². The smallest absolute Gasteiger partial charge is 0.318 e. The summed E-state index contributed by atoms with van der Waals surface area (Å²) in [5.74, 6) is 0.708. The molecule has 0 spiro atoms. The molecule has 1 fully saturated rings. The predicted octanol–water partition coefficient (Wildman–Crippen LogP) is 5.32. The molecule has 1 saturated heterocycles. The second-order valence-corrected chi connectivity index (χ2v) is 8.44. The Balaban J connectivity index is 1.35. The predicted molar refractivity (Wildman–Crippen MR) is 133 cm³/mol.